The molecular formula is C16H18N2O5S2. The summed E-state index contributed by atoms with van der Waals surface area (Å²) in [7, 11) is -7.59. The first-order valence-electron chi connectivity index (χ1n) is 7.54. The van der Waals surface area contributed by atoms with Gasteiger partial charge in [0.25, 0.3) is 10.0 Å². The summed E-state index contributed by atoms with van der Waals surface area (Å²) in [5, 5.41) is 10.2. The van der Waals surface area contributed by atoms with E-state index in [4.69, 9.17) is 5.73 Å². The summed E-state index contributed by atoms with van der Waals surface area (Å²) < 4.78 is 51.1. The second-order valence-electron chi connectivity index (χ2n) is 5.92. The number of hydrogen-bond donors (Lipinski definition) is 2. The van der Waals surface area contributed by atoms with Gasteiger partial charge in [0.2, 0.25) is 0 Å². The third-order valence-electron chi connectivity index (χ3n) is 4.04. The van der Waals surface area contributed by atoms with Gasteiger partial charge in [-0.05, 0) is 36.4 Å². The van der Waals surface area contributed by atoms with E-state index in [0.29, 0.717) is 5.69 Å². The van der Waals surface area contributed by atoms with Crippen LogP contribution in [0.4, 0.5) is 11.4 Å². The highest BCUT2D eigenvalue weighted by molar-refractivity contribution is 7.93. The number of nitrogen functional groups attached to an aromatic ring is 1. The molecule has 0 aliphatic carbocycles. The molecule has 2 aromatic carbocycles. The van der Waals surface area contributed by atoms with Crippen LogP contribution in [0.1, 0.15) is 0 Å². The van der Waals surface area contributed by atoms with Gasteiger partial charge in [0.05, 0.1) is 34.2 Å². The fourth-order valence-electron chi connectivity index (χ4n) is 2.87. The van der Waals surface area contributed by atoms with Crippen molar-refractivity contribution >= 4 is 31.2 Å². The third-order valence-corrected chi connectivity index (χ3v) is 7.61. The lowest BCUT2D eigenvalue weighted by Crippen LogP contribution is -2.47. The molecule has 0 unspecified atom stereocenters. The Balaban J connectivity index is 2.15. The molecule has 0 spiro atoms. The predicted molar refractivity (Wildman–Crippen MR) is 95.4 cm³/mol. The summed E-state index contributed by atoms with van der Waals surface area (Å²) in [5.74, 6) is -0.905. The van der Waals surface area contributed by atoms with Gasteiger partial charge < -0.3 is 10.8 Å². The first-order valence-corrected chi connectivity index (χ1v) is 10.8. The van der Waals surface area contributed by atoms with Crippen LogP contribution in [0.5, 0.6) is 0 Å². The maximum absolute atomic E-state index is 13.2. The molecule has 1 aliphatic rings. The first-order chi connectivity index (χ1) is 11.7. The predicted octanol–water partition coefficient (Wildman–Crippen LogP) is 0.622. The summed E-state index contributed by atoms with van der Waals surface area (Å²) in [6, 6.07) is 12.6. The Morgan fingerprint density at radius 1 is 1.00 bits per heavy atom. The Labute approximate surface area is 146 Å². The van der Waals surface area contributed by atoms with E-state index in [0.717, 1.165) is 4.31 Å². The zero-order valence-electron chi connectivity index (χ0n) is 13.2. The summed E-state index contributed by atoms with van der Waals surface area (Å²) in [5.41, 5.74) is 6.35. The molecule has 0 aromatic heterocycles. The van der Waals surface area contributed by atoms with E-state index in [1.54, 1.807) is 18.2 Å². The van der Waals surface area contributed by atoms with Crippen molar-refractivity contribution < 1.29 is 21.9 Å². The van der Waals surface area contributed by atoms with E-state index in [-0.39, 0.29) is 10.6 Å². The lowest BCUT2D eigenvalue weighted by Gasteiger charge is -2.31. The van der Waals surface area contributed by atoms with Crippen molar-refractivity contribution in [3.05, 3.63) is 54.6 Å². The van der Waals surface area contributed by atoms with Gasteiger partial charge in [-0.15, -0.1) is 0 Å². The molecule has 1 fully saturated rings. The van der Waals surface area contributed by atoms with Crippen LogP contribution in [-0.2, 0) is 19.9 Å². The van der Waals surface area contributed by atoms with Gasteiger partial charge in [-0.3, -0.25) is 4.31 Å². The highest BCUT2D eigenvalue weighted by Gasteiger charge is 2.44. The topological polar surface area (TPSA) is 118 Å². The highest BCUT2D eigenvalue weighted by Crippen LogP contribution is 2.31. The second-order valence-corrected chi connectivity index (χ2v) is 9.89. The zero-order chi connectivity index (χ0) is 18.2. The van der Waals surface area contributed by atoms with Gasteiger partial charge in [0, 0.05) is 5.69 Å². The number of rotatable bonds is 4. The molecule has 25 heavy (non-hydrogen) atoms. The van der Waals surface area contributed by atoms with Crippen molar-refractivity contribution in [2.45, 2.75) is 17.0 Å². The van der Waals surface area contributed by atoms with Gasteiger partial charge in [0.1, 0.15) is 0 Å². The fourth-order valence-corrected chi connectivity index (χ4v) is 6.43. The van der Waals surface area contributed by atoms with E-state index in [1.165, 1.54) is 36.4 Å². The standard InChI is InChI=1S/C16H18N2O5S2/c17-12-6-8-13(9-7-12)18(15-10-24(20,21)11-16(15)19)25(22,23)14-4-2-1-3-5-14/h1-9,15-16,19H,10-11,17H2/t15-,16-/m1/s1. The molecule has 3 N–H and O–H groups in total. The number of nitrogens with zero attached hydrogens (tertiary/aromatic N) is 1. The molecule has 7 nitrogen and oxygen atoms in total. The smallest absolute Gasteiger partial charge is 0.264 e. The maximum atomic E-state index is 13.2. The maximum Gasteiger partial charge on any atom is 0.264 e. The SMILES string of the molecule is Nc1ccc(N([C@@H]2CS(=O)(=O)C[C@H]2O)S(=O)(=O)c2ccccc2)cc1. The average Bonchev–Trinajstić information content (AvgIpc) is 2.83. The highest BCUT2D eigenvalue weighted by atomic mass is 32.2. The molecule has 134 valence electrons. The monoisotopic (exact) mass is 382 g/mol. The second kappa shape index (κ2) is 6.32. The summed E-state index contributed by atoms with van der Waals surface area (Å²) >= 11 is 0. The van der Waals surface area contributed by atoms with E-state index < -0.39 is 43.5 Å². The summed E-state index contributed by atoms with van der Waals surface area (Å²) in [4.78, 5) is 0.0170. The molecule has 1 saturated heterocycles. The molecule has 3 rings (SSSR count). The number of sulfonamides is 1. The van der Waals surface area contributed by atoms with Crippen LogP contribution in [0.2, 0.25) is 0 Å². The van der Waals surface area contributed by atoms with Crippen molar-refractivity contribution in [3.63, 3.8) is 0 Å². The summed E-state index contributed by atoms with van der Waals surface area (Å²) in [6.45, 7) is 0. The van der Waals surface area contributed by atoms with E-state index in [1.807, 2.05) is 0 Å². The number of aliphatic hydroxyl groups excluding tert-OH is 1. The van der Waals surface area contributed by atoms with Gasteiger partial charge in [-0.1, -0.05) is 18.2 Å². The van der Waals surface area contributed by atoms with Crippen molar-refractivity contribution in [2.24, 2.45) is 0 Å². The molecule has 0 saturated carbocycles. The normalized spacial score (nSPS) is 22.6. The summed E-state index contributed by atoms with van der Waals surface area (Å²) in [6.07, 6.45) is -1.30. The Kier molecular flexibility index (Phi) is 4.48. The van der Waals surface area contributed by atoms with Crippen molar-refractivity contribution in [2.75, 3.05) is 21.5 Å². The van der Waals surface area contributed by atoms with E-state index in [2.05, 4.69) is 0 Å². The average molecular weight is 382 g/mol. The minimum Gasteiger partial charge on any atom is -0.399 e. The number of nitrogens with two attached hydrogens (primary N) is 1. The van der Waals surface area contributed by atoms with Crippen LogP contribution in [-0.4, -0.2) is 45.6 Å². The van der Waals surface area contributed by atoms with E-state index >= 15 is 0 Å². The van der Waals surface area contributed by atoms with E-state index in [9.17, 15) is 21.9 Å². The quantitative estimate of drug-likeness (QED) is 0.749. The van der Waals surface area contributed by atoms with Gasteiger partial charge in [0.15, 0.2) is 9.84 Å². The number of aliphatic hydroxyl groups is 1. The molecule has 0 radical (unpaired) electrons. The van der Waals surface area contributed by atoms with Crippen LogP contribution in [0, 0.1) is 0 Å². The van der Waals surface area contributed by atoms with Crippen LogP contribution >= 0.6 is 0 Å². The van der Waals surface area contributed by atoms with Crippen molar-refractivity contribution in [1.82, 2.24) is 0 Å². The van der Waals surface area contributed by atoms with Crippen LogP contribution in [0.3, 0.4) is 0 Å². The van der Waals surface area contributed by atoms with Gasteiger partial charge in [-0.25, -0.2) is 16.8 Å². The Bertz CT molecular complexity index is 957. The molecule has 2 atom stereocenters. The molecule has 1 heterocycles. The minimum atomic E-state index is -4.07. The molecule has 9 heteroatoms. The van der Waals surface area contributed by atoms with Gasteiger partial charge in [-0.2, -0.15) is 0 Å². The lowest BCUT2D eigenvalue weighted by atomic mass is 10.2. The largest absolute Gasteiger partial charge is 0.399 e. The fraction of sp³-hybridized carbons (Fsp3) is 0.250. The molecule has 0 amide bonds. The Morgan fingerprint density at radius 2 is 1.60 bits per heavy atom. The number of hydrogen-bond acceptors (Lipinski definition) is 6. The molecular weight excluding hydrogens is 364 g/mol. The van der Waals surface area contributed by atoms with Crippen LogP contribution < -0.4 is 10.0 Å². The molecule has 2 aromatic rings. The number of anilines is 2. The number of benzene rings is 2. The third kappa shape index (κ3) is 3.48. The zero-order valence-corrected chi connectivity index (χ0v) is 14.8. The lowest BCUT2D eigenvalue weighted by molar-refractivity contribution is 0.184. The minimum absolute atomic E-state index is 0.0170. The van der Waals surface area contributed by atoms with Crippen LogP contribution in [0.15, 0.2) is 59.5 Å². The molecule has 1 aliphatic heterocycles. The molecule has 0 bridgehead atoms. The van der Waals surface area contributed by atoms with Crippen LogP contribution in [0.25, 0.3) is 0 Å². The number of sulfone groups is 1. The van der Waals surface area contributed by atoms with Crippen molar-refractivity contribution in [3.8, 4) is 0 Å². The Morgan fingerprint density at radius 3 is 2.12 bits per heavy atom. The van der Waals surface area contributed by atoms with Crippen molar-refractivity contribution in [1.29, 1.82) is 0 Å². The van der Waals surface area contributed by atoms with Gasteiger partial charge >= 0.3 is 0 Å². The Hall–Kier alpha value is -2.10. The first kappa shape index (κ1) is 17.7.